The Bertz CT molecular complexity index is 817. The number of hydrogen-bond acceptors (Lipinski definition) is 1. The number of fused-ring (bicyclic) bond motifs is 1. The van der Waals surface area contributed by atoms with Crippen LogP contribution in [0.25, 0.3) is 10.9 Å². The van der Waals surface area contributed by atoms with Crippen molar-refractivity contribution >= 4 is 32.6 Å². The van der Waals surface area contributed by atoms with E-state index in [1.54, 1.807) is 0 Å². The third-order valence-corrected chi connectivity index (χ3v) is 4.17. The molecular formula is C17H14BrNO. The van der Waals surface area contributed by atoms with Gasteiger partial charge in [0.05, 0.1) is 0 Å². The van der Waals surface area contributed by atoms with E-state index in [4.69, 9.17) is 0 Å². The molecule has 0 amide bonds. The minimum Gasteiger partial charge on any atom is -0.350 e. The average Bonchev–Trinajstić information content (AvgIpc) is 2.76. The van der Waals surface area contributed by atoms with Gasteiger partial charge in [0.1, 0.15) is 0 Å². The van der Waals surface area contributed by atoms with Crippen molar-refractivity contribution in [3.8, 4) is 0 Å². The van der Waals surface area contributed by atoms with Gasteiger partial charge in [0.25, 0.3) is 0 Å². The third kappa shape index (κ3) is 2.08. The molecule has 0 N–H and O–H groups in total. The first-order valence-corrected chi connectivity index (χ1v) is 7.22. The first-order valence-electron chi connectivity index (χ1n) is 6.43. The molecule has 1 heterocycles. The van der Waals surface area contributed by atoms with Crippen molar-refractivity contribution in [2.24, 2.45) is 7.05 Å². The molecule has 0 radical (unpaired) electrons. The summed E-state index contributed by atoms with van der Waals surface area (Å²) >= 11 is 3.49. The number of carbonyl (C=O) groups excluding carboxylic acids is 1. The molecule has 3 aromatic rings. The van der Waals surface area contributed by atoms with Crippen LogP contribution < -0.4 is 0 Å². The second kappa shape index (κ2) is 4.91. The molecule has 100 valence electrons. The molecule has 0 aliphatic carbocycles. The van der Waals surface area contributed by atoms with Gasteiger partial charge in [-0.15, -0.1) is 0 Å². The predicted octanol–water partition coefficient (Wildman–Crippen LogP) is 4.48. The second-order valence-electron chi connectivity index (χ2n) is 4.98. The zero-order valence-corrected chi connectivity index (χ0v) is 12.9. The summed E-state index contributed by atoms with van der Waals surface area (Å²) in [5.74, 6) is 0.0497. The predicted molar refractivity (Wildman–Crippen MR) is 85.2 cm³/mol. The number of para-hydroxylation sites is 1. The second-order valence-corrected chi connectivity index (χ2v) is 5.84. The summed E-state index contributed by atoms with van der Waals surface area (Å²) in [6, 6.07) is 13.8. The van der Waals surface area contributed by atoms with Gasteiger partial charge in [0.15, 0.2) is 5.78 Å². The van der Waals surface area contributed by atoms with Crippen molar-refractivity contribution in [3.05, 3.63) is 69.8 Å². The summed E-state index contributed by atoms with van der Waals surface area (Å²) in [4.78, 5) is 12.8. The van der Waals surface area contributed by atoms with Crippen LogP contribution in [0.15, 0.2) is 53.1 Å². The molecule has 0 unspecified atom stereocenters. The van der Waals surface area contributed by atoms with E-state index in [9.17, 15) is 4.79 Å². The number of ketones is 1. The van der Waals surface area contributed by atoms with Crippen LogP contribution in [0.5, 0.6) is 0 Å². The van der Waals surface area contributed by atoms with Crippen LogP contribution in [0.3, 0.4) is 0 Å². The lowest BCUT2D eigenvalue weighted by Crippen LogP contribution is -2.02. The highest BCUT2D eigenvalue weighted by Crippen LogP contribution is 2.26. The number of nitrogens with zero attached hydrogens (tertiary/aromatic N) is 1. The van der Waals surface area contributed by atoms with Gasteiger partial charge in [-0.3, -0.25) is 4.79 Å². The molecule has 20 heavy (non-hydrogen) atoms. The zero-order chi connectivity index (χ0) is 14.3. The highest BCUT2D eigenvalue weighted by atomic mass is 79.9. The molecule has 0 atom stereocenters. The Hall–Kier alpha value is -1.87. The number of carbonyl (C=O) groups is 1. The number of halogens is 1. The summed E-state index contributed by atoms with van der Waals surface area (Å²) in [7, 11) is 1.96. The minimum absolute atomic E-state index is 0.0497. The molecular weight excluding hydrogens is 314 g/mol. The van der Waals surface area contributed by atoms with Gasteiger partial charge < -0.3 is 4.57 Å². The topological polar surface area (TPSA) is 22.0 Å². The maximum atomic E-state index is 12.8. The van der Waals surface area contributed by atoms with Crippen molar-refractivity contribution < 1.29 is 4.79 Å². The van der Waals surface area contributed by atoms with Crippen molar-refractivity contribution in [3.63, 3.8) is 0 Å². The smallest absolute Gasteiger partial charge is 0.196 e. The molecule has 0 saturated carbocycles. The Morgan fingerprint density at radius 3 is 2.60 bits per heavy atom. The lowest BCUT2D eigenvalue weighted by molar-refractivity contribution is 0.103. The lowest BCUT2D eigenvalue weighted by atomic mass is 10.0. The largest absolute Gasteiger partial charge is 0.350 e. The minimum atomic E-state index is 0.0497. The third-order valence-electron chi connectivity index (χ3n) is 3.51. The SMILES string of the molecule is Cc1ccc(C(=O)c2cn(C)c3ccccc23)c(Br)c1. The fourth-order valence-corrected chi connectivity index (χ4v) is 3.15. The van der Waals surface area contributed by atoms with Gasteiger partial charge >= 0.3 is 0 Å². The maximum Gasteiger partial charge on any atom is 0.196 e. The van der Waals surface area contributed by atoms with Gasteiger partial charge in [-0.05, 0) is 30.7 Å². The molecule has 3 rings (SSSR count). The van der Waals surface area contributed by atoms with Gasteiger partial charge in [0, 0.05) is 39.7 Å². The molecule has 1 aromatic heterocycles. The van der Waals surface area contributed by atoms with E-state index in [-0.39, 0.29) is 5.78 Å². The lowest BCUT2D eigenvalue weighted by Gasteiger charge is -2.04. The molecule has 0 spiro atoms. The van der Waals surface area contributed by atoms with Crippen molar-refractivity contribution in [1.82, 2.24) is 4.57 Å². The van der Waals surface area contributed by atoms with Gasteiger partial charge in [0.2, 0.25) is 0 Å². The van der Waals surface area contributed by atoms with Gasteiger partial charge in [-0.2, -0.15) is 0 Å². The molecule has 2 nitrogen and oxygen atoms in total. The fraction of sp³-hybridized carbons (Fsp3) is 0.118. The molecule has 3 heteroatoms. The van der Waals surface area contributed by atoms with Crippen LogP contribution in [0.2, 0.25) is 0 Å². The molecule has 0 saturated heterocycles. The number of rotatable bonds is 2. The Morgan fingerprint density at radius 2 is 1.85 bits per heavy atom. The fourth-order valence-electron chi connectivity index (χ4n) is 2.47. The van der Waals surface area contributed by atoms with Crippen molar-refractivity contribution in [2.45, 2.75) is 6.92 Å². The monoisotopic (exact) mass is 327 g/mol. The number of aromatic nitrogens is 1. The Labute approximate surface area is 126 Å². The summed E-state index contributed by atoms with van der Waals surface area (Å²) in [6.07, 6.45) is 1.90. The van der Waals surface area contributed by atoms with Crippen LogP contribution >= 0.6 is 15.9 Å². The van der Waals surface area contributed by atoms with Gasteiger partial charge in [-0.25, -0.2) is 0 Å². The number of hydrogen-bond donors (Lipinski definition) is 0. The summed E-state index contributed by atoms with van der Waals surface area (Å²) in [5, 5.41) is 0.993. The van der Waals surface area contributed by atoms with Crippen LogP contribution in [-0.4, -0.2) is 10.4 Å². The molecule has 0 bridgehead atoms. The normalized spacial score (nSPS) is 10.9. The van der Waals surface area contributed by atoms with Crippen LogP contribution in [-0.2, 0) is 7.05 Å². The van der Waals surface area contributed by atoms with E-state index < -0.39 is 0 Å². The van der Waals surface area contributed by atoms with Crippen LogP contribution in [0, 0.1) is 6.92 Å². The standard InChI is InChI=1S/C17H14BrNO/c1-11-7-8-13(15(18)9-11)17(20)14-10-19(2)16-6-4-3-5-12(14)16/h3-10H,1-2H3. The summed E-state index contributed by atoms with van der Waals surface area (Å²) in [6.45, 7) is 2.01. The highest BCUT2D eigenvalue weighted by molar-refractivity contribution is 9.10. The van der Waals surface area contributed by atoms with E-state index in [1.807, 2.05) is 67.2 Å². The first-order chi connectivity index (χ1) is 9.58. The molecule has 0 fully saturated rings. The van der Waals surface area contributed by atoms with Crippen LogP contribution in [0.1, 0.15) is 21.5 Å². The molecule has 2 aromatic carbocycles. The highest BCUT2D eigenvalue weighted by Gasteiger charge is 2.17. The van der Waals surface area contributed by atoms with E-state index >= 15 is 0 Å². The first kappa shape index (κ1) is 13.1. The number of aryl methyl sites for hydroxylation is 2. The summed E-state index contributed by atoms with van der Waals surface area (Å²) < 4.78 is 2.83. The van der Waals surface area contributed by atoms with E-state index in [0.29, 0.717) is 5.56 Å². The van der Waals surface area contributed by atoms with E-state index in [0.717, 1.165) is 26.5 Å². The van der Waals surface area contributed by atoms with Crippen molar-refractivity contribution in [1.29, 1.82) is 0 Å². The molecule has 0 aliphatic heterocycles. The quantitative estimate of drug-likeness (QED) is 0.636. The van der Waals surface area contributed by atoms with E-state index in [2.05, 4.69) is 15.9 Å². The maximum absolute atomic E-state index is 12.8. The van der Waals surface area contributed by atoms with Gasteiger partial charge in [-0.1, -0.05) is 40.2 Å². The Morgan fingerprint density at radius 1 is 1.10 bits per heavy atom. The van der Waals surface area contributed by atoms with E-state index in [1.165, 1.54) is 0 Å². The Balaban J connectivity index is 2.18. The average molecular weight is 328 g/mol. The zero-order valence-electron chi connectivity index (χ0n) is 11.4. The summed E-state index contributed by atoms with van der Waals surface area (Å²) in [5.41, 5.74) is 3.64. The van der Waals surface area contributed by atoms with Crippen LogP contribution in [0.4, 0.5) is 0 Å². The number of benzene rings is 2. The van der Waals surface area contributed by atoms with Crippen molar-refractivity contribution in [2.75, 3.05) is 0 Å². The Kier molecular flexibility index (Phi) is 3.22. The molecule has 0 aliphatic rings.